The number of hydrogen-bond acceptors (Lipinski definition) is 6. The number of piperidine rings is 1. The molecule has 0 bridgehead atoms. The van der Waals surface area contributed by atoms with Gasteiger partial charge in [-0.2, -0.15) is 0 Å². The van der Waals surface area contributed by atoms with E-state index >= 15 is 0 Å². The quantitative estimate of drug-likeness (QED) is 0.766. The van der Waals surface area contributed by atoms with Crippen LogP contribution in [0.3, 0.4) is 0 Å². The summed E-state index contributed by atoms with van der Waals surface area (Å²) in [5, 5.41) is 0. The van der Waals surface area contributed by atoms with Crippen LogP contribution in [0.5, 0.6) is 11.8 Å². The van der Waals surface area contributed by atoms with Gasteiger partial charge in [0.2, 0.25) is 0 Å². The van der Waals surface area contributed by atoms with Gasteiger partial charge in [-0.05, 0) is 52.2 Å². The summed E-state index contributed by atoms with van der Waals surface area (Å²) in [5.41, 5.74) is 1.02. The van der Waals surface area contributed by atoms with Gasteiger partial charge in [-0.1, -0.05) is 12.1 Å². The molecular weight excluding hydrogens is 358 g/mol. The summed E-state index contributed by atoms with van der Waals surface area (Å²) in [4.78, 5) is 23.3. The fraction of sp³-hybridized carbons (Fsp3) is 0.571. The van der Waals surface area contributed by atoms with Crippen LogP contribution in [0.1, 0.15) is 46.5 Å². The predicted molar refractivity (Wildman–Crippen MR) is 107 cm³/mol. The highest BCUT2D eigenvalue weighted by atomic mass is 16.6. The minimum atomic E-state index is -0.496. The van der Waals surface area contributed by atoms with Crippen LogP contribution in [0.25, 0.3) is 11.0 Å². The molecule has 1 aliphatic heterocycles. The molecule has 0 radical (unpaired) electrons. The number of methoxy groups -OCH3 is 1. The number of carbonyl (C=O) groups is 1. The summed E-state index contributed by atoms with van der Waals surface area (Å²) in [6, 6.07) is 7.69. The van der Waals surface area contributed by atoms with E-state index in [0.29, 0.717) is 24.8 Å². The smallest absolute Gasteiger partial charge is 0.410 e. The summed E-state index contributed by atoms with van der Waals surface area (Å²) >= 11 is 0. The van der Waals surface area contributed by atoms with Gasteiger partial charge < -0.3 is 19.1 Å². The van der Waals surface area contributed by atoms with Gasteiger partial charge in [-0.25, -0.2) is 14.8 Å². The lowest BCUT2D eigenvalue weighted by atomic mass is 10.0. The van der Waals surface area contributed by atoms with E-state index in [-0.39, 0.29) is 12.1 Å². The molecule has 1 saturated heterocycles. The van der Waals surface area contributed by atoms with Crippen molar-refractivity contribution in [1.29, 1.82) is 0 Å². The predicted octanol–water partition coefficient (Wildman–Crippen LogP) is 4.20. The van der Waals surface area contributed by atoms with Gasteiger partial charge in [0.1, 0.15) is 5.60 Å². The Morgan fingerprint density at radius 2 is 1.82 bits per heavy atom. The third-order valence-corrected chi connectivity index (χ3v) is 4.65. The number of benzene rings is 1. The molecule has 152 valence electrons. The third kappa shape index (κ3) is 5.03. The van der Waals surface area contributed by atoms with E-state index in [2.05, 4.69) is 9.97 Å². The molecular formula is C21H29N3O4. The summed E-state index contributed by atoms with van der Waals surface area (Å²) in [6.07, 6.45) is 3.50. The van der Waals surface area contributed by atoms with Crippen molar-refractivity contribution in [3.63, 3.8) is 0 Å². The number of carbonyl (C=O) groups excluding carboxylic acids is 1. The summed E-state index contributed by atoms with van der Waals surface area (Å²) in [5.74, 6) is 0.743. The van der Waals surface area contributed by atoms with Crippen LogP contribution < -0.4 is 9.47 Å². The van der Waals surface area contributed by atoms with Gasteiger partial charge in [-0.3, -0.25) is 0 Å². The van der Waals surface area contributed by atoms with Crippen LogP contribution in [-0.2, 0) is 4.74 Å². The number of ether oxygens (including phenoxy) is 3. The Hall–Kier alpha value is -2.57. The Bertz CT molecular complexity index is 819. The van der Waals surface area contributed by atoms with E-state index < -0.39 is 5.60 Å². The first kappa shape index (κ1) is 20.2. The topological polar surface area (TPSA) is 73.8 Å². The summed E-state index contributed by atoms with van der Waals surface area (Å²) in [6.45, 7) is 6.80. The Kier molecular flexibility index (Phi) is 6.21. The highest BCUT2D eigenvalue weighted by Gasteiger charge is 2.30. The molecule has 7 heteroatoms. The molecule has 7 nitrogen and oxygen atoms in total. The zero-order valence-corrected chi connectivity index (χ0v) is 17.1. The lowest BCUT2D eigenvalue weighted by molar-refractivity contribution is 0.00733. The maximum absolute atomic E-state index is 12.5. The van der Waals surface area contributed by atoms with Gasteiger partial charge >= 0.3 is 6.09 Å². The number of likely N-dealkylation sites (tertiary alicyclic amines) is 1. The minimum absolute atomic E-state index is 0.100. The molecule has 1 aromatic carbocycles. The third-order valence-electron chi connectivity index (χ3n) is 4.65. The fourth-order valence-corrected chi connectivity index (χ4v) is 3.35. The van der Waals surface area contributed by atoms with Crippen molar-refractivity contribution in [3.8, 4) is 11.8 Å². The second-order valence-electron chi connectivity index (χ2n) is 7.99. The molecule has 3 rings (SSSR count). The van der Waals surface area contributed by atoms with Crippen molar-refractivity contribution in [2.24, 2.45) is 0 Å². The largest absolute Gasteiger partial charge is 0.477 e. The average Bonchev–Trinajstić information content (AvgIpc) is 2.66. The first-order valence-corrected chi connectivity index (χ1v) is 9.80. The highest BCUT2D eigenvalue weighted by Crippen LogP contribution is 2.27. The number of nitrogens with zero attached hydrogens (tertiary/aromatic N) is 3. The molecule has 1 fully saturated rings. The number of hydrogen-bond donors (Lipinski definition) is 0. The Balaban J connectivity index is 1.64. The van der Waals surface area contributed by atoms with Gasteiger partial charge in [0.25, 0.3) is 11.8 Å². The van der Waals surface area contributed by atoms with E-state index in [1.807, 2.05) is 49.9 Å². The van der Waals surface area contributed by atoms with E-state index in [9.17, 15) is 4.79 Å². The van der Waals surface area contributed by atoms with Gasteiger partial charge in [0.15, 0.2) is 0 Å². The van der Waals surface area contributed by atoms with E-state index in [1.54, 1.807) is 7.11 Å². The minimum Gasteiger partial charge on any atom is -0.477 e. The second kappa shape index (κ2) is 8.63. The molecule has 2 aromatic rings. The van der Waals surface area contributed by atoms with Crippen molar-refractivity contribution in [1.82, 2.24) is 14.9 Å². The van der Waals surface area contributed by atoms with Crippen LogP contribution in [0.2, 0.25) is 0 Å². The molecule has 28 heavy (non-hydrogen) atoms. The molecule has 2 heterocycles. The number of fused-ring (bicyclic) bond motifs is 1. The molecule has 0 N–H and O–H groups in total. The fourth-order valence-electron chi connectivity index (χ4n) is 3.35. The second-order valence-corrected chi connectivity index (χ2v) is 7.99. The maximum Gasteiger partial charge on any atom is 0.410 e. The molecule has 1 amide bonds. The van der Waals surface area contributed by atoms with Gasteiger partial charge in [-0.15, -0.1) is 0 Å². The Morgan fingerprint density at radius 1 is 1.14 bits per heavy atom. The van der Waals surface area contributed by atoms with Crippen LogP contribution in [0.15, 0.2) is 24.3 Å². The number of rotatable bonds is 5. The zero-order chi connectivity index (χ0) is 20.1. The number of aromatic nitrogens is 2. The van der Waals surface area contributed by atoms with Crippen LogP contribution in [-0.4, -0.2) is 52.9 Å². The monoisotopic (exact) mass is 387 g/mol. The standard InChI is InChI=1S/C21H29N3O4/c1-21(2,3)28-20(25)24-13-8-7-9-15(24)12-14-27-19-18(26-4)22-16-10-5-6-11-17(16)23-19/h5-6,10-11,15H,7-9,12-14H2,1-4H3/t15-/m0/s1. The molecule has 1 aliphatic rings. The Labute approximate surface area is 166 Å². The summed E-state index contributed by atoms with van der Waals surface area (Å²) in [7, 11) is 1.55. The lowest BCUT2D eigenvalue weighted by Gasteiger charge is -2.36. The molecule has 1 atom stereocenters. The molecule has 0 spiro atoms. The summed E-state index contributed by atoms with van der Waals surface area (Å²) < 4.78 is 16.8. The Morgan fingerprint density at radius 3 is 2.46 bits per heavy atom. The lowest BCUT2D eigenvalue weighted by Crippen LogP contribution is -2.46. The first-order chi connectivity index (χ1) is 13.4. The van der Waals surface area contributed by atoms with E-state index in [1.165, 1.54) is 0 Å². The number of para-hydroxylation sites is 2. The van der Waals surface area contributed by atoms with Crippen molar-refractivity contribution in [2.75, 3.05) is 20.3 Å². The maximum atomic E-state index is 12.5. The van der Waals surface area contributed by atoms with Gasteiger partial charge in [0, 0.05) is 19.0 Å². The van der Waals surface area contributed by atoms with Crippen molar-refractivity contribution < 1.29 is 19.0 Å². The van der Waals surface area contributed by atoms with Crippen LogP contribution in [0.4, 0.5) is 4.79 Å². The van der Waals surface area contributed by atoms with Crippen molar-refractivity contribution >= 4 is 17.1 Å². The SMILES string of the molecule is COc1nc2ccccc2nc1OCC[C@@H]1CCCCN1C(=O)OC(C)(C)C. The average molecular weight is 387 g/mol. The van der Waals surface area contributed by atoms with Crippen LogP contribution >= 0.6 is 0 Å². The van der Waals surface area contributed by atoms with Crippen molar-refractivity contribution in [2.45, 2.75) is 58.1 Å². The normalized spacial score (nSPS) is 17.4. The van der Waals surface area contributed by atoms with Crippen LogP contribution in [0, 0.1) is 0 Å². The molecule has 1 aromatic heterocycles. The highest BCUT2D eigenvalue weighted by molar-refractivity contribution is 5.75. The van der Waals surface area contributed by atoms with E-state index in [4.69, 9.17) is 14.2 Å². The molecule has 0 saturated carbocycles. The van der Waals surface area contributed by atoms with E-state index in [0.717, 1.165) is 36.8 Å². The molecule has 0 aliphatic carbocycles. The van der Waals surface area contributed by atoms with Gasteiger partial charge in [0.05, 0.1) is 24.8 Å². The van der Waals surface area contributed by atoms with Crippen molar-refractivity contribution in [3.05, 3.63) is 24.3 Å². The number of amides is 1. The zero-order valence-electron chi connectivity index (χ0n) is 17.1. The molecule has 0 unspecified atom stereocenters. The first-order valence-electron chi connectivity index (χ1n) is 9.80.